The van der Waals surface area contributed by atoms with Crippen molar-refractivity contribution in [1.82, 2.24) is 4.90 Å². The average Bonchev–Trinajstić information content (AvgIpc) is 2.76. The van der Waals surface area contributed by atoms with E-state index in [4.69, 9.17) is 4.74 Å². The Hall–Kier alpha value is -0.840. The number of halogens is 1. The number of hydrogen-bond donors (Lipinski definition) is 0. The summed E-state index contributed by atoms with van der Waals surface area (Å²) in [6, 6.07) is 10.3. The lowest BCUT2D eigenvalue weighted by Gasteiger charge is -2.16. The molecule has 2 nitrogen and oxygen atoms in total. The summed E-state index contributed by atoms with van der Waals surface area (Å²) in [6.45, 7) is 1.90. The molecule has 1 heterocycles. The standard InChI is InChI=1S/C14H16BrNOS/c1-16(10-14-13(15)7-8-18-14)9-11-3-5-12(17-2)6-4-11/h3-8H,9-10H2,1-2H3. The molecule has 0 atom stereocenters. The number of methoxy groups -OCH3 is 1. The minimum atomic E-state index is 0.905. The van der Waals surface area contributed by atoms with Gasteiger partial charge in [-0.05, 0) is 52.1 Å². The van der Waals surface area contributed by atoms with Gasteiger partial charge in [0.05, 0.1) is 7.11 Å². The fourth-order valence-electron chi connectivity index (χ4n) is 1.78. The average molecular weight is 326 g/mol. The fourth-order valence-corrected chi connectivity index (χ4v) is 3.34. The van der Waals surface area contributed by atoms with Crippen LogP contribution in [0.1, 0.15) is 10.4 Å². The first-order valence-corrected chi connectivity index (χ1v) is 7.39. The summed E-state index contributed by atoms with van der Waals surface area (Å²) in [6.07, 6.45) is 0. The zero-order valence-electron chi connectivity index (χ0n) is 10.5. The first kappa shape index (κ1) is 13.6. The van der Waals surface area contributed by atoms with Gasteiger partial charge in [-0.1, -0.05) is 12.1 Å². The molecule has 0 aliphatic carbocycles. The van der Waals surface area contributed by atoms with Crippen molar-refractivity contribution in [2.45, 2.75) is 13.1 Å². The summed E-state index contributed by atoms with van der Waals surface area (Å²) >= 11 is 5.35. The summed E-state index contributed by atoms with van der Waals surface area (Å²) in [5.41, 5.74) is 1.30. The van der Waals surface area contributed by atoms with Gasteiger partial charge in [-0.25, -0.2) is 0 Å². The lowest BCUT2D eigenvalue weighted by atomic mass is 10.2. The van der Waals surface area contributed by atoms with E-state index in [9.17, 15) is 0 Å². The van der Waals surface area contributed by atoms with Crippen molar-refractivity contribution in [3.05, 3.63) is 50.6 Å². The first-order chi connectivity index (χ1) is 8.69. The Balaban J connectivity index is 1.94. The van der Waals surface area contributed by atoms with E-state index in [1.165, 1.54) is 14.9 Å². The lowest BCUT2D eigenvalue weighted by molar-refractivity contribution is 0.321. The molecule has 96 valence electrons. The zero-order chi connectivity index (χ0) is 13.0. The van der Waals surface area contributed by atoms with E-state index in [1.807, 2.05) is 12.1 Å². The van der Waals surface area contributed by atoms with E-state index < -0.39 is 0 Å². The third kappa shape index (κ3) is 3.57. The van der Waals surface area contributed by atoms with Crippen molar-refractivity contribution in [3.63, 3.8) is 0 Å². The molecule has 18 heavy (non-hydrogen) atoms. The molecule has 0 amide bonds. The maximum atomic E-state index is 5.16. The van der Waals surface area contributed by atoms with Gasteiger partial charge < -0.3 is 4.74 Å². The molecule has 0 unspecified atom stereocenters. The highest BCUT2D eigenvalue weighted by molar-refractivity contribution is 9.10. The molecule has 0 bridgehead atoms. The third-order valence-corrected chi connectivity index (χ3v) is 4.63. The summed E-state index contributed by atoms with van der Waals surface area (Å²) in [5, 5.41) is 2.11. The molecule has 0 saturated heterocycles. The first-order valence-electron chi connectivity index (χ1n) is 5.72. The Labute approximate surface area is 120 Å². The molecule has 0 aliphatic heterocycles. The molecular formula is C14H16BrNOS. The molecule has 0 spiro atoms. The van der Waals surface area contributed by atoms with Crippen molar-refractivity contribution in [3.8, 4) is 5.75 Å². The van der Waals surface area contributed by atoms with Gasteiger partial charge in [0.2, 0.25) is 0 Å². The van der Waals surface area contributed by atoms with Crippen molar-refractivity contribution in [1.29, 1.82) is 0 Å². The van der Waals surface area contributed by atoms with Gasteiger partial charge in [-0.2, -0.15) is 0 Å². The Morgan fingerprint density at radius 1 is 1.17 bits per heavy atom. The molecule has 1 aromatic heterocycles. The Kier molecular flexibility index (Phi) is 4.80. The van der Waals surface area contributed by atoms with Crippen LogP contribution in [0.2, 0.25) is 0 Å². The number of thiophene rings is 1. The number of nitrogens with zero attached hydrogens (tertiary/aromatic N) is 1. The Morgan fingerprint density at radius 3 is 2.44 bits per heavy atom. The second kappa shape index (κ2) is 6.36. The van der Waals surface area contributed by atoms with Crippen molar-refractivity contribution in [2.75, 3.05) is 14.2 Å². The highest BCUT2D eigenvalue weighted by Gasteiger charge is 2.06. The summed E-state index contributed by atoms with van der Waals surface area (Å²) in [5.74, 6) is 0.905. The molecule has 2 aromatic rings. The molecule has 0 N–H and O–H groups in total. The SMILES string of the molecule is COc1ccc(CN(C)Cc2sccc2Br)cc1. The predicted molar refractivity (Wildman–Crippen MR) is 80.2 cm³/mol. The van der Waals surface area contributed by atoms with Crippen molar-refractivity contribution in [2.24, 2.45) is 0 Å². The van der Waals surface area contributed by atoms with E-state index in [1.54, 1.807) is 18.4 Å². The number of benzene rings is 1. The Bertz CT molecular complexity index is 495. The molecular weight excluding hydrogens is 310 g/mol. The molecule has 0 saturated carbocycles. The lowest BCUT2D eigenvalue weighted by Crippen LogP contribution is -2.16. The van der Waals surface area contributed by atoms with Crippen LogP contribution in [0.25, 0.3) is 0 Å². The van der Waals surface area contributed by atoms with Crippen molar-refractivity contribution >= 4 is 27.3 Å². The quantitative estimate of drug-likeness (QED) is 0.818. The number of rotatable bonds is 5. The molecule has 0 fully saturated rings. The maximum absolute atomic E-state index is 5.16. The van der Waals surface area contributed by atoms with Crippen LogP contribution in [0, 0.1) is 0 Å². The van der Waals surface area contributed by atoms with E-state index in [-0.39, 0.29) is 0 Å². The second-order valence-electron chi connectivity index (χ2n) is 4.21. The van der Waals surface area contributed by atoms with Gasteiger partial charge in [-0.15, -0.1) is 11.3 Å². The fraction of sp³-hybridized carbons (Fsp3) is 0.286. The van der Waals surface area contributed by atoms with E-state index in [0.717, 1.165) is 18.8 Å². The van der Waals surface area contributed by atoms with Crippen LogP contribution in [0.5, 0.6) is 5.75 Å². The number of ether oxygens (including phenoxy) is 1. The predicted octanol–water partition coefficient (Wildman–Crippen LogP) is 4.15. The molecule has 4 heteroatoms. The van der Waals surface area contributed by atoms with Crippen LogP contribution in [0.15, 0.2) is 40.2 Å². The summed E-state index contributed by atoms with van der Waals surface area (Å²) in [7, 11) is 3.83. The van der Waals surface area contributed by atoms with Crippen LogP contribution in [0.4, 0.5) is 0 Å². The molecule has 2 rings (SSSR count). The highest BCUT2D eigenvalue weighted by Crippen LogP contribution is 2.24. The Morgan fingerprint density at radius 2 is 1.89 bits per heavy atom. The molecule has 0 aliphatic rings. The largest absolute Gasteiger partial charge is 0.497 e. The van der Waals surface area contributed by atoms with E-state index in [2.05, 4.69) is 51.5 Å². The van der Waals surface area contributed by atoms with E-state index in [0.29, 0.717) is 0 Å². The normalized spacial score (nSPS) is 10.9. The number of hydrogen-bond acceptors (Lipinski definition) is 3. The van der Waals surface area contributed by atoms with Crippen LogP contribution in [-0.2, 0) is 13.1 Å². The smallest absolute Gasteiger partial charge is 0.118 e. The maximum Gasteiger partial charge on any atom is 0.118 e. The summed E-state index contributed by atoms with van der Waals surface area (Å²) in [4.78, 5) is 3.67. The monoisotopic (exact) mass is 325 g/mol. The van der Waals surface area contributed by atoms with Gasteiger partial charge >= 0.3 is 0 Å². The molecule has 1 aromatic carbocycles. The highest BCUT2D eigenvalue weighted by atomic mass is 79.9. The van der Waals surface area contributed by atoms with Crippen LogP contribution in [0.3, 0.4) is 0 Å². The van der Waals surface area contributed by atoms with Crippen LogP contribution < -0.4 is 4.74 Å². The van der Waals surface area contributed by atoms with Gasteiger partial charge in [0.1, 0.15) is 5.75 Å². The van der Waals surface area contributed by atoms with Crippen LogP contribution in [-0.4, -0.2) is 19.1 Å². The second-order valence-corrected chi connectivity index (χ2v) is 6.07. The van der Waals surface area contributed by atoms with Gasteiger partial charge in [0.15, 0.2) is 0 Å². The van der Waals surface area contributed by atoms with Gasteiger partial charge in [0.25, 0.3) is 0 Å². The topological polar surface area (TPSA) is 12.5 Å². The summed E-state index contributed by atoms with van der Waals surface area (Å²) < 4.78 is 6.36. The van der Waals surface area contributed by atoms with E-state index >= 15 is 0 Å². The van der Waals surface area contributed by atoms with Gasteiger partial charge in [0, 0.05) is 22.4 Å². The zero-order valence-corrected chi connectivity index (χ0v) is 12.9. The minimum absolute atomic E-state index is 0.905. The minimum Gasteiger partial charge on any atom is -0.497 e. The van der Waals surface area contributed by atoms with Gasteiger partial charge in [-0.3, -0.25) is 4.90 Å². The third-order valence-electron chi connectivity index (χ3n) is 2.72. The molecule has 0 radical (unpaired) electrons. The van der Waals surface area contributed by atoms with Crippen molar-refractivity contribution < 1.29 is 4.74 Å². The van der Waals surface area contributed by atoms with Crippen LogP contribution >= 0.6 is 27.3 Å².